The number of nitrogens with one attached hydrogen (secondary N) is 1. The molecule has 7 heteroatoms. The van der Waals surface area contributed by atoms with E-state index in [2.05, 4.69) is 28.6 Å². The van der Waals surface area contributed by atoms with Gasteiger partial charge in [0.2, 0.25) is 5.91 Å². The van der Waals surface area contributed by atoms with Crippen LogP contribution in [-0.4, -0.2) is 64.5 Å². The number of carbonyl (C=O) groups excluding carboxylic acids is 1. The van der Waals surface area contributed by atoms with E-state index >= 15 is 0 Å². The summed E-state index contributed by atoms with van der Waals surface area (Å²) in [6.07, 6.45) is 11.3. The number of aryl methyl sites for hydroxylation is 1. The van der Waals surface area contributed by atoms with Crippen molar-refractivity contribution in [3.05, 3.63) is 11.4 Å². The van der Waals surface area contributed by atoms with E-state index in [9.17, 15) is 4.79 Å². The topological polar surface area (TPSA) is 59.4 Å². The lowest BCUT2D eigenvalue weighted by Crippen LogP contribution is -2.59. The molecule has 6 nitrogen and oxygen atoms in total. The molecule has 0 atom stereocenters. The van der Waals surface area contributed by atoms with Gasteiger partial charge in [-0.15, -0.1) is 0 Å². The first-order chi connectivity index (χ1) is 14.6. The number of hydrogen-bond donors (Lipinski definition) is 1. The van der Waals surface area contributed by atoms with Crippen LogP contribution >= 0.6 is 11.8 Å². The SMILES string of the molecule is Cc1nc(SCC(=O)NCC2(N3CCOCC3)CCCCC2)n(C2CCCC2)c1C. The normalized spacial score (nSPS) is 23.0. The van der Waals surface area contributed by atoms with E-state index < -0.39 is 0 Å². The summed E-state index contributed by atoms with van der Waals surface area (Å²) in [5.74, 6) is 0.580. The highest BCUT2D eigenvalue weighted by Crippen LogP contribution is 2.36. The van der Waals surface area contributed by atoms with E-state index in [-0.39, 0.29) is 11.4 Å². The average Bonchev–Trinajstić information content (AvgIpc) is 3.40. The summed E-state index contributed by atoms with van der Waals surface area (Å²) in [5.41, 5.74) is 2.48. The first kappa shape index (κ1) is 22.2. The van der Waals surface area contributed by atoms with Crippen molar-refractivity contribution >= 4 is 17.7 Å². The molecule has 1 amide bonds. The molecular formula is C23H38N4O2S. The number of ether oxygens (including phenoxy) is 1. The van der Waals surface area contributed by atoms with Crippen LogP contribution in [0.5, 0.6) is 0 Å². The van der Waals surface area contributed by atoms with Crippen molar-refractivity contribution in [2.45, 2.75) is 88.4 Å². The third-order valence-electron chi connectivity index (χ3n) is 7.46. The molecule has 0 aromatic carbocycles. The number of carbonyl (C=O) groups is 1. The number of morpholine rings is 1. The van der Waals surface area contributed by atoms with E-state index in [0.717, 1.165) is 43.7 Å². The monoisotopic (exact) mass is 434 g/mol. The number of rotatable bonds is 7. The number of aromatic nitrogens is 2. The number of thioether (sulfide) groups is 1. The minimum atomic E-state index is 0.123. The molecule has 2 aliphatic carbocycles. The van der Waals surface area contributed by atoms with Crippen LogP contribution < -0.4 is 5.32 Å². The van der Waals surface area contributed by atoms with Gasteiger partial charge in [0.15, 0.2) is 5.16 Å². The van der Waals surface area contributed by atoms with Crippen molar-refractivity contribution in [3.8, 4) is 0 Å². The van der Waals surface area contributed by atoms with Gasteiger partial charge in [0.05, 0.1) is 24.7 Å². The fourth-order valence-electron chi connectivity index (χ4n) is 5.59. The van der Waals surface area contributed by atoms with Crippen molar-refractivity contribution in [3.63, 3.8) is 0 Å². The van der Waals surface area contributed by atoms with Crippen LogP contribution in [0.1, 0.15) is 75.2 Å². The predicted octanol–water partition coefficient (Wildman–Crippen LogP) is 3.86. The second kappa shape index (κ2) is 10.0. The first-order valence-corrected chi connectivity index (χ1v) is 12.9. The Labute approximate surface area is 185 Å². The molecule has 1 aliphatic heterocycles. The first-order valence-electron chi connectivity index (χ1n) is 11.9. The van der Waals surface area contributed by atoms with Crippen molar-refractivity contribution in [2.24, 2.45) is 0 Å². The average molecular weight is 435 g/mol. The highest BCUT2D eigenvalue weighted by molar-refractivity contribution is 7.99. The van der Waals surface area contributed by atoms with Crippen molar-refractivity contribution < 1.29 is 9.53 Å². The number of amides is 1. The number of imidazole rings is 1. The summed E-state index contributed by atoms with van der Waals surface area (Å²) < 4.78 is 7.97. The van der Waals surface area contributed by atoms with Crippen molar-refractivity contribution in [1.29, 1.82) is 0 Å². The summed E-state index contributed by atoms with van der Waals surface area (Å²) in [5, 5.41) is 4.31. The largest absolute Gasteiger partial charge is 0.379 e. The van der Waals surface area contributed by atoms with E-state index in [1.807, 2.05) is 0 Å². The van der Waals surface area contributed by atoms with Gasteiger partial charge in [0.25, 0.3) is 0 Å². The van der Waals surface area contributed by atoms with Gasteiger partial charge in [-0.1, -0.05) is 43.9 Å². The molecule has 0 radical (unpaired) electrons. The Morgan fingerprint density at radius 3 is 2.53 bits per heavy atom. The van der Waals surface area contributed by atoms with Crippen molar-refractivity contribution in [1.82, 2.24) is 19.8 Å². The van der Waals surface area contributed by atoms with Gasteiger partial charge in [-0.3, -0.25) is 9.69 Å². The van der Waals surface area contributed by atoms with E-state index in [1.54, 1.807) is 11.8 Å². The quantitative estimate of drug-likeness (QED) is 0.661. The molecule has 1 aromatic heterocycles. The number of hydrogen-bond acceptors (Lipinski definition) is 5. The third kappa shape index (κ3) is 4.89. The lowest BCUT2D eigenvalue weighted by molar-refractivity contribution is -0.119. The van der Waals surface area contributed by atoms with E-state index in [4.69, 9.17) is 9.72 Å². The Bertz CT molecular complexity index is 717. The van der Waals surface area contributed by atoms with Crippen LogP contribution in [0, 0.1) is 13.8 Å². The summed E-state index contributed by atoms with van der Waals surface area (Å²) in [4.78, 5) is 20.2. The van der Waals surface area contributed by atoms with Gasteiger partial charge in [-0.25, -0.2) is 4.98 Å². The van der Waals surface area contributed by atoms with Gasteiger partial charge in [0, 0.05) is 36.9 Å². The lowest BCUT2D eigenvalue weighted by Gasteiger charge is -2.48. The molecule has 4 rings (SSSR count). The fraction of sp³-hybridized carbons (Fsp3) is 0.826. The smallest absolute Gasteiger partial charge is 0.230 e. The summed E-state index contributed by atoms with van der Waals surface area (Å²) in [6.45, 7) is 8.62. The molecular weight excluding hydrogens is 396 g/mol. The zero-order valence-electron chi connectivity index (χ0n) is 18.8. The zero-order valence-corrected chi connectivity index (χ0v) is 19.6. The third-order valence-corrected chi connectivity index (χ3v) is 8.41. The maximum Gasteiger partial charge on any atom is 0.230 e. The second-order valence-electron chi connectivity index (χ2n) is 9.32. The summed E-state index contributed by atoms with van der Waals surface area (Å²) >= 11 is 1.60. The van der Waals surface area contributed by atoms with Crippen LogP contribution in [-0.2, 0) is 9.53 Å². The maximum atomic E-state index is 12.8. The standard InChI is InChI=1S/C23H38N4O2S/c1-18-19(2)27(20-8-4-5-9-20)22(25-18)30-16-21(28)24-17-23(10-6-3-7-11-23)26-12-14-29-15-13-26/h20H,3-17H2,1-2H3,(H,24,28). The van der Waals surface area contributed by atoms with Gasteiger partial charge in [-0.2, -0.15) is 0 Å². The minimum Gasteiger partial charge on any atom is -0.379 e. The molecule has 168 valence electrons. The Morgan fingerprint density at radius 2 is 1.83 bits per heavy atom. The Morgan fingerprint density at radius 1 is 1.13 bits per heavy atom. The Balaban J connectivity index is 1.35. The fourth-order valence-corrected chi connectivity index (χ4v) is 6.58. The van der Waals surface area contributed by atoms with Crippen LogP contribution in [0.4, 0.5) is 0 Å². The lowest BCUT2D eigenvalue weighted by atomic mass is 9.79. The van der Waals surface area contributed by atoms with E-state index in [1.165, 1.54) is 63.5 Å². The van der Waals surface area contributed by atoms with Crippen LogP contribution in [0.2, 0.25) is 0 Å². The molecule has 0 bridgehead atoms. The maximum absolute atomic E-state index is 12.8. The molecule has 0 unspecified atom stereocenters. The summed E-state index contributed by atoms with van der Waals surface area (Å²) in [6, 6.07) is 0.559. The molecule has 1 N–H and O–H groups in total. The predicted molar refractivity (Wildman–Crippen MR) is 121 cm³/mol. The van der Waals surface area contributed by atoms with E-state index in [0.29, 0.717) is 11.8 Å². The van der Waals surface area contributed by atoms with Crippen LogP contribution in [0.25, 0.3) is 0 Å². The Kier molecular flexibility index (Phi) is 7.42. The molecule has 30 heavy (non-hydrogen) atoms. The molecule has 1 aromatic rings. The Hall–Kier alpha value is -1.05. The summed E-state index contributed by atoms with van der Waals surface area (Å²) in [7, 11) is 0. The van der Waals surface area contributed by atoms with Gasteiger partial charge < -0.3 is 14.6 Å². The highest BCUT2D eigenvalue weighted by Gasteiger charge is 2.38. The van der Waals surface area contributed by atoms with Crippen molar-refractivity contribution in [2.75, 3.05) is 38.6 Å². The second-order valence-corrected chi connectivity index (χ2v) is 10.3. The van der Waals surface area contributed by atoms with Crippen LogP contribution in [0.15, 0.2) is 5.16 Å². The molecule has 3 aliphatic rings. The van der Waals surface area contributed by atoms with Gasteiger partial charge in [-0.05, 0) is 39.5 Å². The zero-order chi connectivity index (χ0) is 21.0. The molecule has 2 heterocycles. The van der Waals surface area contributed by atoms with Crippen LogP contribution in [0.3, 0.4) is 0 Å². The molecule has 3 fully saturated rings. The van der Waals surface area contributed by atoms with Gasteiger partial charge in [0.1, 0.15) is 0 Å². The number of nitrogens with zero attached hydrogens (tertiary/aromatic N) is 3. The highest BCUT2D eigenvalue weighted by atomic mass is 32.2. The molecule has 1 saturated heterocycles. The molecule has 0 spiro atoms. The van der Waals surface area contributed by atoms with Gasteiger partial charge >= 0.3 is 0 Å². The molecule has 2 saturated carbocycles. The minimum absolute atomic E-state index is 0.123.